The summed E-state index contributed by atoms with van der Waals surface area (Å²) in [6.07, 6.45) is 0. The maximum absolute atomic E-state index is 12.8. The summed E-state index contributed by atoms with van der Waals surface area (Å²) >= 11 is 1.12. The van der Waals surface area contributed by atoms with Crippen LogP contribution in [-0.2, 0) is 4.18 Å². The van der Waals surface area contributed by atoms with E-state index < -0.39 is 5.97 Å². The number of benzene rings is 2. The standard InChI is InChI=1S/C24H30NO6PS/c1-24(2,3)14-33-31-23(26)16-11-18(22(30-8)20(12-16)28-6)17-9-15(13-32-25-4)10-19(27-5)21(17)29-7/h9-13H,4,14H2,1-3,5-8H3. The predicted molar refractivity (Wildman–Crippen MR) is 137 cm³/mol. The highest BCUT2D eigenvalue weighted by molar-refractivity contribution is 7.95. The van der Waals surface area contributed by atoms with E-state index in [0.717, 1.165) is 17.6 Å². The highest BCUT2D eigenvalue weighted by atomic mass is 32.2. The summed E-state index contributed by atoms with van der Waals surface area (Å²) in [7, 11) is 6.86. The van der Waals surface area contributed by atoms with Gasteiger partial charge in [-0.15, -0.1) is 0 Å². The zero-order chi connectivity index (χ0) is 24.6. The van der Waals surface area contributed by atoms with E-state index >= 15 is 0 Å². The van der Waals surface area contributed by atoms with E-state index in [2.05, 4.69) is 32.3 Å². The Morgan fingerprint density at radius 2 is 1.55 bits per heavy atom. The number of carbonyl (C=O) groups is 1. The van der Waals surface area contributed by atoms with Crippen LogP contribution in [0.3, 0.4) is 0 Å². The maximum Gasteiger partial charge on any atom is 0.350 e. The molecular formula is C24H30NO6PS. The van der Waals surface area contributed by atoms with Gasteiger partial charge < -0.3 is 23.1 Å². The number of nitrogens with zero attached hydrogens (tertiary/aromatic N) is 1. The number of methoxy groups -OCH3 is 4. The third-order valence-corrected chi connectivity index (χ3v) is 6.25. The molecule has 0 spiro atoms. The molecule has 0 aliphatic carbocycles. The van der Waals surface area contributed by atoms with Crippen molar-refractivity contribution in [2.24, 2.45) is 10.2 Å². The Kier molecular flexibility index (Phi) is 9.62. The van der Waals surface area contributed by atoms with Crippen molar-refractivity contribution < 1.29 is 27.9 Å². The molecule has 0 unspecified atom stereocenters. The third kappa shape index (κ3) is 6.89. The first-order valence-corrected chi connectivity index (χ1v) is 11.9. The van der Waals surface area contributed by atoms with Gasteiger partial charge in [0, 0.05) is 25.2 Å². The lowest BCUT2D eigenvalue weighted by Crippen LogP contribution is -2.10. The van der Waals surface area contributed by atoms with Crippen molar-refractivity contribution in [2.75, 3.05) is 34.2 Å². The van der Waals surface area contributed by atoms with Crippen LogP contribution in [0, 0.1) is 5.41 Å². The fraction of sp³-hybridized carbons (Fsp3) is 0.375. The molecule has 0 aromatic heterocycles. The topological polar surface area (TPSA) is 75.6 Å². The summed E-state index contributed by atoms with van der Waals surface area (Å²) in [6.45, 7) is 9.74. The Morgan fingerprint density at radius 1 is 0.970 bits per heavy atom. The Bertz CT molecular complexity index is 1030. The van der Waals surface area contributed by atoms with Crippen molar-refractivity contribution in [2.45, 2.75) is 20.8 Å². The van der Waals surface area contributed by atoms with Gasteiger partial charge in [0.1, 0.15) is 0 Å². The summed E-state index contributed by atoms with van der Waals surface area (Å²) in [5.41, 5.74) is 2.44. The minimum absolute atomic E-state index is 0.0220. The van der Waals surface area contributed by atoms with Crippen LogP contribution < -0.4 is 18.9 Å². The van der Waals surface area contributed by atoms with Gasteiger partial charge in [0.2, 0.25) is 0 Å². The van der Waals surface area contributed by atoms with E-state index in [9.17, 15) is 4.79 Å². The fourth-order valence-electron chi connectivity index (χ4n) is 2.96. The molecular weight excluding hydrogens is 461 g/mol. The third-order valence-electron chi connectivity index (χ3n) is 4.42. The van der Waals surface area contributed by atoms with Crippen molar-refractivity contribution in [1.82, 2.24) is 0 Å². The summed E-state index contributed by atoms with van der Waals surface area (Å²) in [6, 6.07) is 7.04. The molecule has 0 fully saturated rings. The number of rotatable bonds is 10. The smallest absolute Gasteiger partial charge is 0.350 e. The van der Waals surface area contributed by atoms with Gasteiger partial charge in [-0.25, -0.2) is 9.56 Å². The van der Waals surface area contributed by atoms with Gasteiger partial charge in [0.05, 0.1) is 46.0 Å². The lowest BCUT2D eigenvalue weighted by molar-refractivity contribution is 0.0767. The molecule has 0 aliphatic rings. The van der Waals surface area contributed by atoms with Crippen LogP contribution >= 0.6 is 20.4 Å². The quantitative estimate of drug-likeness (QED) is 0.231. The van der Waals surface area contributed by atoms with E-state index in [0.29, 0.717) is 53.8 Å². The Balaban J connectivity index is 2.67. The van der Waals surface area contributed by atoms with Crippen LogP contribution in [0.4, 0.5) is 0 Å². The molecule has 0 amide bonds. The van der Waals surface area contributed by atoms with Gasteiger partial charge in [-0.2, -0.15) is 0 Å². The van der Waals surface area contributed by atoms with E-state index in [4.69, 9.17) is 23.1 Å². The van der Waals surface area contributed by atoms with Crippen molar-refractivity contribution in [3.63, 3.8) is 0 Å². The molecule has 33 heavy (non-hydrogen) atoms. The molecule has 0 radical (unpaired) electrons. The summed E-state index contributed by atoms with van der Waals surface area (Å²) < 4.78 is 31.7. The molecule has 0 atom stereocenters. The summed E-state index contributed by atoms with van der Waals surface area (Å²) in [4.78, 5) is 12.8. The van der Waals surface area contributed by atoms with Crippen LogP contribution in [0.5, 0.6) is 23.0 Å². The first-order valence-electron chi connectivity index (χ1n) is 10.0. The molecule has 2 rings (SSSR count). The van der Waals surface area contributed by atoms with Crippen molar-refractivity contribution in [1.29, 1.82) is 0 Å². The molecule has 0 bridgehead atoms. The number of ether oxygens (including phenoxy) is 4. The number of carbonyl (C=O) groups excluding carboxylic acids is 1. The van der Waals surface area contributed by atoms with Crippen molar-refractivity contribution in [3.8, 4) is 34.1 Å². The molecule has 2 aromatic rings. The largest absolute Gasteiger partial charge is 0.493 e. The molecule has 0 saturated heterocycles. The van der Waals surface area contributed by atoms with Crippen LogP contribution in [-0.4, -0.2) is 52.7 Å². The van der Waals surface area contributed by atoms with Crippen LogP contribution in [0.1, 0.15) is 36.7 Å². The second kappa shape index (κ2) is 12.0. The van der Waals surface area contributed by atoms with Gasteiger partial charge in [-0.1, -0.05) is 20.8 Å². The van der Waals surface area contributed by atoms with E-state index in [1.165, 1.54) is 7.11 Å². The van der Waals surface area contributed by atoms with Gasteiger partial charge in [0.15, 0.2) is 23.0 Å². The molecule has 0 N–H and O–H groups in total. The van der Waals surface area contributed by atoms with Crippen LogP contribution in [0.15, 0.2) is 29.0 Å². The summed E-state index contributed by atoms with van der Waals surface area (Å²) in [5.74, 6) is 3.93. The summed E-state index contributed by atoms with van der Waals surface area (Å²) in [5, 5.41) is 0. The average Bonchev–Trinajstić information content (AvgIpc) is 2.79. The molecule has 7 nitrogen and oxygen atoms in total. The SMILES string of the molecule is C=NP=Cc1cc(OC)c(OC)c(-c2cc(C(=O)OSCC(C)(C)C)cc(OC)c2OC)c1. The first kappa shape index (κ1) is 26.6. The van der Waals surface area contributed by atoms with Crippen LogP contribution in [0.2, 0.25) is 0 Å². The second-order valence-electron chi connectivity index (χ2n) is 8.14. The molecule has 2 aromatic carbocycles. The van der Waals surface area contributed by atoms with Gasteiger partial charge >= 0.3 is 5.97 Å². The molecule has 0 heterocycles. The molecule has 178 valence electrons. The monoisotopic (exact) mass is 491 g/mol. The highest BCUT2D eigenvalue weighted by Gasteiger charge is 2.23. The Morgan fingerprint density at radius 3 is 2.06 bits per heavy atom. The minimum Gasteiger partial charge on any atom is -0.493 e. The van der Waals surface area contributed by atoms with Gasteiger partial charge in [0.25, 0.3) is 0 Å². The normalized spacial score (nSPS) is 11.2. The fourth-order valence-corrected chi connectivity index (χ4v) is 3.94. The molecule has 0 aliphatic heterocycles. The van der Waals surface area contributed by atoms with Crippen molar-refractivity contribution in [3.05, 3.63) is 35.4 Å². The van der Waals surface area contributed by atoms with Crippen molar-refractivity contribution >= 4 is 38.9 Å². The predicted octanol–water partition coefficient (Wildman–Crippen LogP) is 5.95. The Hall–Kier alpha value is -2.70. The van der Waals surface area contributed by atoms with E-state index in [-0.39, 0.29) is 5.41 Å². The minimum atomic E-state index is -0.477. The Labute approximate surface area is 201 Å². The second-order valence-corrected chi connectivity index (χ2v) is 9.61. The highest BCUT2D eigenvalue weighted by Crippen LogP contribution is 2.46. The molecule has 0 saturated carbocycles. The van der Waals surface area contributed by atoms with E-state index in [1.54, 1.807) is 33.5 Å². The molecule has 9 heteroatoms. The lowest BCUT2D eigenvalue weighted by Gasteiger charge is -2.19. The zero-order valence-electron chi connectivity index (χ0n) is 20.1. The number of hydrogen-bond donors (Lipinski definition) is 0. The maximum atomic E-state index is 12.8. The zero-order valence-corrected chi connectivity index (χ0v) is 21.8. The van der Waals surface area contributed by atoms with E-state index in [1.807, 2.05) is 17.9 Å². The van der Waals surface area contributed by atoms with Gasteiger partial charge in [-0.3, -0.25) is 0 Å². The first-order chi connectivity index (χ1) is 15.7. The van der Waals surface area contributed by atoms with Gasteiger partial charge in [-0.05, 0) is 47.8 Å². The van der Waals surface area contributed by atoms with Crippen LogP contribution in [0.25, 0.3) is 11.1 Å². The lowest BCUT2D eigenvalue weighted by atomic mass is 9.98. The number of hydrogen-bond acceptors (Lipinski definition) is 8. The average molecular weight is 492 g/mol.